The van der Waals surface area contributed by atoms with Crippen LogP contribution in [-0.4, -0.2) is 73.0 Å². The van der Waals surface area contributed by atoms with E-state index in [0.717, 1.165) is 56.9 Å². The van der Waals surface area contributed by atoms with Gasteiger partial charge in [-0.25, -0.2) is 4.98 Å². The van der Waals surface area contributed by atoms with E-state index in [1.807, 2.05) is 61.5 Å². The minimum Gasteiger partial charge on any atom is -0.492 e. The zero-order valence-corrected chi connectivity index (χ0v) is 34.4. The van der Waals surface area contributed by atoms with Crippen molar-refractivity contribution >= 4 is 63.2 Å². The Bertz CT molecular complexity index is 2420. The molecule has 5 heterocycles. The highest BCUT2D eigenvalue weighted by Gasteiger charge is 2.26. The number of pyridine rings is 1. The van der Waals surface area contributed by atoms with E-state index >= 15 is 0 Å². The van der Waals surface area contributed by atoms with Crippen LogP contribution in [0, 0.1) is 20.8 Å². The minimum absolute atomic E-state index is 0.140. The average Bonchev–Trinajstić information content (AvgIpc) is 3.97. The van der Waals surface area contributed by atoms with E-state index in [0.29, 0.717) is 54.4 Å². The summed E-state index contributed by atoms with van der Waals surface area (Å²) in [6, 6.07) is 17.6. The first kappa shape index (κ1) is 39.9. The van der Waals surface area contributed by atoms with Crippen LogP contribution in [0.5, 0.6) is 11.8 Å². The fraction of sp³-hybridized carbons (Fsp3) is 0.341. The standard InChI is InChI=1S/C24H28ClN5O4.C17H15ClN4S/c1-15(31)26-11-10-21(32)27-12-13-33-17-8-6-16(7-9-17)22-19(25)14-20-23(29-22)30-24(28-20)34-18-4-2-3-5-18;1-9-10(2)23-17-15(9)16(12-4-6-13(18)7-5-12)19-8-14-21-20-11(3)22(14)17/h6-9,14,18H,2-5,10-13H2,1H3,(H,26,31)(H,27,32)(H,28,29,30);4-7H,8H2,1-3H3. The SMILES string of the molecule is CC(=O)NCCC(=O)NCCOc1ccc(-c2nc3nc(OC4CCCC4)[nH]c3cc2Cl)cc1.Cc1sc2c(c1C)C(c1ccc(Cl)cc1)=NCc1nnc(C)n1-2. The molecule has 2 amide bonds. The van der Waals surface area contributed by atoms with Crippen molar-refractivity contribution in [1.29, 1.82) is 0 Å². The maximum absolute atomic E-state index is 11.7. The lowest BCUT2D eigenvalue weighted by Gasteiger charge is -2.09. The molecule has 3 N–H and O–H groups in total. The quantitative estimate of drug-likeness (QED) is 0.111. The summed E-state index contributed by atoms with van der Waals surface area (Å²) in [4.78, 5) is 40.9. The molecule has 0 unspecified atom stereocenters. The molecule has 16 heteroatoms. The first-order chi connectivity index (χ1) is 27.5. The number of aryl methyl sites for hydroxylation is 2. The highest BCUT2D eigenvalue weighted by atomic mass is 35.5. The highest BCUT2D eigenvalue weighted by molar-refractivity contribution is 7.15. The second-order valence-corrected chi connectivity index (χ2v) is 15.9. The van der Waals surface area contributed by atoms with E-state index in [1.54, 1.807) is 11.3 Å². The Morgan fingerprint density at radius 2 is 1.68 bits per heavy atom. The molecule has 296 valence electrons. The molecule has 0 bridgehead atoms. The average molecular weight is 829 g/mol. The van der Waals surface area contributed by atoms with Crippen molar-refractivity contribution in [3.63, 3.8) is 0 Å². The number of aromatic nitrogens is 6. The summed E-state index contributed by atoms with van der Waals surface area (Å²) in [5.74, 6) is 2.15. The number of rotatable bonds is 11. The minimum atomic E-state index is -0.154. The lowest BCUT2D eigenvalue weighted by atomic mass is 10.00. The number of aliphatic imine (C=N–C) groups is 1. The Kier molecular flexibility index (Phi) is 12.5. The number of thiophene rings is 1. The van der Waals surface area contributed by atoms with Crippen LogP contribution in [0.15, 0.2) is 59.6 Å². The van der Waals surface area contributed by atoms with Crippen LogP contribution >= 0.6 is 34.5 Å². The largest absolute Gasteiger partial charge is 0.492 e. The number of aromatic amines is 1. The van der Waals surface area contributed by atoms with Gasteiger partial charge in [-0.15, -0.1) is 21.5 Å². The molecule has 57 heavy (non-hydrogen) atoms. The van der Waals surface area contributed by atoms with E-state index in [-0.39, 0.29) is 24.3 Å². The molecule has 0 saturated heterocycles. The van der Waals surface area contributed by atoms with E-state index < -0.39 is 0 Å². The van der Waals surface area contributed by atoms with Crippen molar-refractivity contribution in [3.8, 4) is 28.0 Å². The summed E-state index contributed by atoms with van der Waals surface area (Å²) in [6.45, 7) is 9.24. The summed E-state index contributed by atoms with van der Waals surface area (Å²) >= 11 is 14.3. The van der Waals surface area contributed by atoms with Gasteiger partial charge in [0, 0.05) is 46.5 Å². The number of H-pyrrole nitrogens is 1. The smallest absolute Gasteiger partial charge is 0.296 e. The molecule has 1 saturated carbocycles. The maximum Gasteiger partial charge on any atom is 0.296 e. The number of amides is 2. The highest BCUT2D eigenvalue weighted by Crippen LogP contribution is 2.36. The summed E-state index contributed by atoms with van der Waals surface area (Å²) in [7, 11) is 0. The van der Waals surface area contributed by atoms with Gasteiger partial charge in [0.15, 0.2) is 11.5 Å². The number of carbonyl (C=O) groups is 2. The van der Waals surface area contributed by atoms with Crippen LogP contribution in [-0.2, 0) is 16.1 Å². The third-order valence-electron chi connectivity index (χ3n) is 9.73. The molecule has 13 nitrogen and oxygen atoms in total. The maximum atomic E-state index is 11.7. The first-order valence-electron chi connectivity index (χ1n) is 18.8. The van der Waals surface area contributed by atoms with Crippen molar-refractivity contribution in [2.45, 2.75) is 72.4 Å². The van der Waals surface area contributed by atoms with Crippen LogP contribution in [0.1, 0.15) is 72.2 Å². The molecule has 2 aliphatic rings. The molecule has 0 atom stereocenters. The van der Waals surface area contributed by atoms with Gasteiger partial charge in [0.1, 0.15) is 35.8 Å². The molecule has 2 aromatic carbocycles. The number of ether oxygens (including phenoxy) is 2. The Balaban J connectivity index is 0.000000187. The topological polar surface area (TPSA) is 161 Å². The lowest BCUT2D eigenvalue weighted by Crippen LogP contribution is -2.31. The normalized spacial score (nSPS) is 13.5. The Morgan fingerprint density at radius 1 is 0.947 bits per heavy atom. The number of hydrogen-bond donors (Lipinski definition) is 3. The van der Waals surface area contributed by atoms with E-state index in [4.69, 9.17) is 37.7 Å². The second kappa shape index (κ2) is 17.9. The van der Waals surface area contributed by atoms with Crippen LogP contribution < -0.4 is 20.1 Å². The molecule has 6 aromatic rings. The predicted octanol–water partition coefficient (Wildman–Crippen LogP) is 7.88. The van der Waals surface area contributed by atoms with Gasteiger partial charge in [-0.05, 0) is 94.5 Å². The molecule has 0 spiro atoms. The number of hydrogen-bond acceptors (Lipinski definition) is 10. The van der Waals surface area contributed by atoms with E-state index in [1.165, 1.54) is 35.8 Å². The molecule has 1 aliphatic carbocycles. The van der Waals surface area contributed by atoms with Gasteiger partial charge < -0.3 is 25.1 Å². The van der Waals surface area contributed by atoms with Crippen molar-refractivity contribution in [3.05, 3.63) is 97.9 Å². The summed E-state index contributed by atoms with van der Waals surface area (Å²) in [5.41, 5.74) is 7.29. The number of fused-ring (bicyclic) bond motifs is 4. The molecule has 8 rings (SSSR count). The fourth-order valence-electron chi connectivity index (χ4n) is 6.72. The number of benzene rings is 2. The fourth-order valence-corrected chi connectivity index (χ4v) is 8.33. The van der Waals surface area contributed by atoms with Crippen LogP contribution in [0.4, 0.5) is 0 Å². The van der Waals surface area contributed by atoms with Crippen molar-refractivity contribution < 1.29 is 19.1 Å². The molecule has 4 aromatic heterocycles. The van der Waals surface area contributed by atoms with Crippen LogP contribution in [0.3, 0.4) is 0 Å². The van der Waals surface area contributed by atoms with Gasteiger partial charge in [-0.3, -0.25) is 19.1 Å². The molecular weight excluding hydrogens is 785 g/mol. The third-order valence-corrected chi connectivity index (χ3v) is 11.5. The second-order valence-electron chi connectivity index (χ2n) is 13.8. The van der Waals surface area contributed by atoms with Crippen LogP contribution in [0.2, 0.25) is 10.0 Å². The summed E-state index contributed by atoms with van der Waals surface area (Å²) in [6.07, 6.45) is 4.92. The van der Waals surface area contributed by atoms with Crippen molar-refractivity contribution in [2.75, 3.05) is 19.7 Å². The van der Waals surface area contributed by atoms with Gasteiger partial charge >= 0.3 is 0 Å². The summed E-state index contributed by atoms with van der Waals surface area (Å²) in [5, 5.41) is 16.2. The Morgan fingerprint density at radius 3 is 2.42 bits per heavy atom. The van der Waals surface area contributed by atoms with Crippen LogP contribution in [0.25, 0.3) is 27.4 Å². The number of imidazole rings is 1. The lowest BCUT2D eigenvalue weighted by molar-refractivity contribution is -0.121. The van der Waals surface area contributed by atoms with Gasteiger partial charge in [0.25, 0.3) is 6.01 Å². The number of carbonyl (C=O) groups excluding carboxylic acids is 2. The third kappa shape index (κ3) is 9.46. The van der Waals surface area contributed by atoms with E-state index in [9.17, 15) is 9.59 Å². The molecule has 1 aliphatic heterocycles. The number of nitrogens with zero attached hydrogens (tertiary/aromatic N) is 6. The first-order valence-corrected chi connectivity index (χ1v) is 20.4. The van der Waals surface area contributed by atoms with Gasteiger partial charge in [-0.1, -0.05) is 35.3 Å². The molecule has 1 fully saturated rings. The Hall–Kier alpha value is -5.31. The van der Waals surface area contributed by atoms with Gasteiger partial charge in [0.05, 0.1) is 28.5 Å². The zero-order valence-electron chi connectivity index (χ0n) is 32.1. The van der Waals surface area contributed by atoms with Gasteiger partial charge in [0.2, 0.25) is 11.8 Å². The number of halogens is 2. The molecule has 0 radical (unpaired) electrons. The van der Waals surface area contributed by atoms with Crippen molar-refractivity contribution in [1.82, 2.24) is 40.3 Å². The van der Waals surface area contributed by atoms with Gasteiger partial charge in [-0.2, -0.15) is 4.98 Å². The predicted molar refractivity (Wildman–Crippen MR) is 223 cm³/mol. The van der Waals surface area contributed by atoms with E-state index in [2.05, 4.69) is 54.2 Å². The monoisotopic (exact) mass is 827 g/mol. The van der Waals surface area contributed by atoms with Crippen molar-refractivity contribution in [2.24, 2.45) is 4.99 Å². The number of nitrogens with one attached hydrogen (secondary N) is 3. The summed E-state index contributed by atoms with van der Waals surface area (Å²) < 4.78 is 13.8. The molecular formula is C41H43Cl2N9O4S. The Labute approximate surface area is 344 Å². The zero-order chi connectivity index (χ0) is 40.1.